The summed E-state index contributed by atoms with van der Waals surface area (Å²) < 4.78 is 0. The maximum Gasteiger partial charge on any atom is 0.254 e. The summed E-state index contributed by atoms with van der Waals surface area (Å²) in [7, 11) is 0. The van der Waals surface area contributed by atoms with Gasteiger partial charge in [-0.3, -0.25) is 4.79 Å². The predicted octanol–water partition coefficient (Wildman–Crippen LogP) is 3.61. The minimum absolute atomic E-state index is 0.0159. The van der Waals surface area contributed by atoms with Crippen LogP contribution in [0.2, 0.25) is 0 Å². The number of rotatable bonds is 1. The van der Waals surface area contributed by atoms with Gasteiger partial charge in [-0.2, -0.15) is 0 Å². The summed E-state index contributed by atoms with van der Waals surface area (Å²) >= 11 is 0. The largest absolute Gasteiger partial charge is 0.339 e. The van der Waals surface area contributed by atoms with Crippen molar-refractivity contribution in [2.45, 2.75) is 45.4 Å². The van der Waals surface area contributed by atoms with Gasteiger partial charge in [-0.25, -0.2) is 0 Å². The number of carbonyl (C=O) groups excluding carboxylic acids is 1. The lowest BCUT2D eigenvalue weighted by Gasteiger charge is -2.29. The van der Waals surface area contributed by atoms with Gasteiger partial charge in [0, 0.05) is 18.7 Å². The Bertz CT molecular complexity index is 425. The molecule has 1 amide bonds. The summed E-state index contributed by atoms with van der Waals surface area (Å²) in [6.07, 6.45) is 3.54. The van der Waals surface area contributed by atoms with Crippen LogP contribution in [0.1, 0.15) is 56.0 Å². The first kappa shape index (κ1) is 13.1. The summed E-state index contributed by atoms with van der Waals surface area (Å²) in [5.74, 6) is 0.209. The first-order chi connectivity index (χ1) is 8.50. The van der Waals surface area contributed by atoms with Crippen molar-refractivity contribution in [2.75, 3.05) is 13.1 Å². The average Bonchev–Trinajstić information content (AvgIpc) is 2.38. The van der Waals surface area contributed by atoms with Gasteiger partial charge in [-0.15, -0.1) is 0 Å². The second-order valence-electron chi connectivity index (χ2n) is 6.15. The van der Waals surface area contributed by atoms with E-state index in [0.29, 0.717) is 0 Å². The second kappa shape index (κ2) is 5.13. The van der Waals surface area contributed by atoms with Crippen molar-refractivity contribution < 1.29 is 4.79 Å². The van der Waals surface area contributed by atoms with Crippen molar-refractivity contribution >= 4 is 5.91 Å². The van der Waals surface area contributed by atoms with E-state index in [4.69, 9.17) is 0 Å². The van der Waals surface area contributed by atoms with E-state index in [1.165, 1.54) is 6.42 Å². The Labute approximate surface area is 110 Å². The van der Waals surface area contributed by atoms with E-state index in [-0.39, 0.29) is 11.3 Å². The number of benzene rings is 1. The molecule has 0 radical (unpaired) electrons. The highest BCUT2D eigenvalue weighted by molar-refractivity contribution is 5.96. The van der Waals surface area contributed by atoms with Crippen LogP contribution >= 0.6 is 0 Å². The average molecular weight is 245 g/mol. The zero-order chi connectivity index (χ0) is 13.2. The van der Waals surface area contributed by atoms with Crippen LogP contribution in [0.5, 0.6) is 0 Å². The Morgan fingerprint density at radius 3 is 2.28 bits per heavy atom. The van der Waals surface area contributed by atoms with Crippen LogP contribution < -0.4 is 0 Å². The lowest BCUT2D eigenvalue weighted by Crippen LogP contribution is -2.36. The smallest absolute Gasteiger partial charge is 0.254 e. The number of piperidine rings is 1. The standard InChI is InChI=1S/C16H23NO/c1-16(2,3)14-10-6-5-9-13(14)15(18)17-11-7-4-8-12-17/h5-6,9-10H,4,7-8,11-12H2,1-3H3. The van der Waals surface area contributed by atoms with E-state index >= 15 is 0 Å². The molecule has 0 N–H and O–H groups in total. The number of amides is 1. The molecule has 18 heavy (non-hydrogen) atoms. The zero-order valence-electron chi connectivity index (χ0n) is 11.7. The molecule has 1 fully saturated rings. The Kier molecular flexibility index (Phi) is 3.74. The molecule has 1 heterocycles. The van der Waals surface area contributed by atoms with Crippen LogP contribution in [-0.4, -0.2) is 23.9 Å². The van der Waals surface area contributed by atoms with Gasteiger partial charge in [0.2, 0.25) is 0 Å². The van der Waals surface area contributed by atoms with E-state index in [2.05, 4.69) is 26.8 Å². The third-order valence-electron chi connectivity index (χ3n) is 3.61. The molecule has 2 heteroatoms. The summed E-state index contributed by atoms with van der Waals surface area (Å²) in [6.45, 7) is 8.31. The third-order valence-corrected chi connectivity index (χ3v) is 3.61. The number of carbonyl (C=O) groups is 1. The summed E-state index contributed by atoms with van der Waals surface area (Å²) in [6, 6.07) is 8.04. The van der Waals surface area contributed by atoms with Crippen LogP contribution in [0.15, 0.2) is 24.3 Å². The molecule has 2 rings (SSSR count). The first-order valence-corrected chi connectivity index (χ1v) is 6.89. The SMILES string of the molecule is CC(C)(C)c1ccccc1C(=O)N1CCCCC1. The lowest BCUT2D eigenvalue weighted by atomic mass is 9.83. The normalized spacial score (nSPS) is 16.7. The molecule has 1 aromatic rings. The molecule has 2 nitrogen and oxygen atoms in total. The molecular weight excluding hydrogens is 222 g/mol. The molecule has 1 aliphatic heterocycles. The topological polar surface area (TPSA) is 20.3 Å². The monoisotopic (exact) mass is 245 g/mol. The van der Waals surface area contributed by atoms with E-state index in [1.807, 2.05) is 23.1 Å². The molecule has 98 valence electrons. The highest BCUT2D eigenvalue weighted by Crippen LogP contribution is 2.27. The molecule has 1 aromatic carbocycles. The Hall–Kier alpha value is -1.31. The molecule has 1 saturated heterocycles. The molecule has 0 saturated carbocycles. The predicted molar refractivity (Wildman–Crippen MR) is 74.9 cm³/mol. The molecule has 1 aliphatic rings. The Morgan fingerprint density at radius 2 is 1.67 bits per heavy atom. The summed E-state index contributed by atoms with van der Waals surface area (Å²) in [5, 5.41) is 0. The lowest BCUT2D eigenvalue weighted by molar-refractivity contribution is 0.0722. The van der Waals surface area contributed by atoms with E-state index < -0.39 is 0 Å². The fraction of sp³-hybridized carbons (Fsp3) is 0.562. The second-order valence-corrected chi connectivity index (χ2v) is 6.15. The highest BCUT2D eigenvalue weighted by Gasteiger charge is 2.25. The number of nitrogens with zero attached hydrogens (tertiary/aromatic N) is 1. The van der Waals surface area contributed by atoms with Crippen molar-refractivity contribution in [3.8, 4) is 0 Å². The molecule has 0 spiro atoms. The van der Waals surface area contributed by atoms with Crippen LogP contribution in [0.25, 0.3) is 0 Å². The maximum absolute atomic E-state index is 12.6. The van der Waals surface area contributed by atoms with Gasteiger partial charge in [0.15, 0.2) is 0 Å². The Balaban J connectivity index is 2.30. The van der Waals surface area contributed by atoms with Crippen molar-refractivity contribution in [1.29, 1.82) is 0 Å². The third kappa shape index (κ3) is 2.74. The van der Waals surface area contributed by atoms with E-state index in [0.717, 1.165) is 37.1 Å². The fourth-order valence-corrected chi connectivity index (χ4v) is 2.59. The molecule has 0 bridgehead atoms. The maximum atomic E-state index is 12.6. The molecule has 0 aromatic heterocycles. The van der Waals surface area contributed by atoms with Gasteiger partial charge in [0.25, 0.3) is 5.91 Å². The summed E-state index contributed by atoms with van der Waals surface area (Å²) in [5.41, 5.74) is 2.05. The van der Waals surface area contributed by atoms with Crippen LogP contribution in [0, 0.1) is 0 Å². The minimum atomic E-state index is 0.0159. The van der Waals surface area contributed by atoms with Crippen molar-refractivity contribution in [2.24, 2.45) is 0 Å². The molecule has 0 atom stereocenters. The van der Waals surface area contributed by atoms with Crippen molar-refractivity contribution in [3.63, 3.8) is 0 Å². The Morgan fingerprint density at radius 1 is 1.06 bits per heavy atom. The number of hydrogen-bond donors (Lipinski definition) is 0. The van der Waals surface area contributed by atoms with Crippen LogP contribution in [0.4, 0.5) is 0 Å². The van der Waals surface area contributed by atoms with Gasteiger partial charge in [0.1, 0.15) is 0 Å². The van der Waals surface area contributed by atoms with E-state index in [9.17, 15) is 4.79 Å². The van der Waals surface area contributed by atoms with Crippen LogP contribution in [-0.2, 0) is 5.41 Å². The van der Waals surface area contributed by atoms with Crippen molar-refractivity contribution in [3.05, 3.63) is 35.4 Å². The van der Waals surface area contributed by atoms with Gasteiger partial charge >= 0.3 is 0 Å². The summed E-state index contributed by atoms with van der Waals surface area (Å²) in [4.78, 5) is 14.6. The number of hydrogen-bond acceptors (Lipinski definition) is 1. The van der Waals surface area contributed by atoms with Gasteiger partial charge in [0.05, 0.1) is 0 Å². The van der Waals surface area contributed by atoms with Crippen LogP contribution in [0.3, 0.4) is 0 Å². The highest BCUT2D eigenvalue weighted by atomic mass is 16.2. The molecule has 0 unspecified atom stereocenters. The zero-order valence-corrected chi connectivity index (χ0v) is 11.7. The molecule has 0 aliphatic carbocycles. The fourth-order valence-electron chi connectivity index (χ4n) is 2.59. The number of likely N-dealkylation sites (tertiary alicyclic amines) is 1. The van der Waals surface area contributed by atoms with E-state index in [1.54, 1.807) is 0 Å². The first-order valence-electron chi connectivity index (χ1n) is 6.89. The quantitative estimate of drug-likeness (QED) is 0.740. The van der Waals surface area contributed by atoms with Crippen molar-refractivity contribution in [1.82, 2.24) is 4.90 Å². The minimum Gasteiger partial charge on any atom is -0.339 e. The van der Waals surface area contributed by atoms with Gasteiger partial charge in [-0.1, -0.05) is 39.0 Å². The van der Waals surface area contributed by atoms with Gasteiger partial charge < -0.3 is 4.90 Å². The van der Waals surface area contributed by atoms with Gasteiger partial charge in [-0.05, 0) is 36.3 Å². The molecular formula is C16H23NO.